The Kier molecular flexibility index (Phi) is 6.91. The molecule has 33 heavy (non-hydrogen) atoms. The fraction of sp³-hybridized carbons (Fsp3) is 0.231. The second-order valence-electron chi connectivity index (χ2n) is 8.10. The van der Waals surface area contributed by atoms with Gasteiger partial charge in [0.2, 0.25) is 0 Å². The van der Waals surface area contributed by atoms with Crippen LogP contribution in [0, 0.1) is 13.8 Å². The Hall–Kier alpha value is -3.02. The second kappa shape index (κ2) is 9.86. The molecule has 1 fully saturated rings. The maximum Gasteiger partial charge on any atom is 0.271 e. The van der Waals surface area contributed by atoms with Crippen LogP contribution in [0.15, 0.2) is 65.6 Å². The number of piperazine rings is 1. The van der Waals surface area contributed by atoms with Crippen molar-refractivity contribution < 1.29 is 4.79 Å². The number of aryl methyl sites for hydroxylation is 1. The Labute approximate surface area is 203 Å². The average molecular weight is 482 g/mol. The molecule has 0 aliphatic carbocycles. The molecule has 7 heteroatoms. The Morgan fingerprint density at radius 1 is 0.939 bits per heavy atom. The number of benzene rings is 2. The van der Waals surface area contributed by atoms with Crippen molar-refractivity contribution in [3.05, 3.63) is 97.9 Å². The summed E-state index contributed by atoms with van der Waals surface area (Å²) < 4.78 is 1.37. The Morgan fingerprint density at radius 2 is 1.70 bits per heavy atom. The topological polar surface area (TPSA) is 45.5 Å². The van der Waals surface area contributed by atoms with E-state index in [1.54, 1.807) is 47.5 Å². The molecular weight excluding hydrogens is 457 g/mol. The van der Waals surface area contributed by atoms with Crippen LogP contribution < -0.4 is 10.5 Å². The number of anilines is 1. The van der Waals surface area contributed by atoms with Crippen LogP contribution in [-0.2, 0) is 4.79 Å². The summed E-state index contributed by atoms with van der Waals surface area (Å²) in [5.41, 5.74) is 4.30. The van der Waals surface area contributed by atoms with Crippen molar-refractivity contribution in [2.45, 2.75) is 13.8 Å². The summed E-state index contributed by atoms with van der Waals surface area (Å²) in [6, 6.07) is 16.2. The van der Waals surface area contributed by atoms with Gasteiger partial charge in [0, 0.05) is 54.2 Å². The summed E-state index contributed by atoms with van der Waals surface area (Å²) in [7, 11) is 0. The number of pyridine rings is 1. The molecule has 2 heterocycles. The van der Waals surface area contributed by atoms with E-state index in [-0.39, 0.29) is 17.2 Å². The van der Waals surface area contributed by atoms with Crippen LogP contribution in [-0.4, -0.2) is 41.6 Å². The van der Waals surface area contributed by atoms with E-state index in [0.717, 1.165) is 0 Å². The molecule has 1 aromatic heterocycles. The monoisotopic (exact) mass is 481 g/mol. The first-order chi connectivity index (χ1) is 15.8. The van der Waals surface area contributed by atoms with Gasteiger partial charge in [0.05, 0.1) is 0 Å². The van der Waals surface area contributed by atoms with Gasteiger partial charge in [-0.15, -0.1) is 0 Å². The SMILES string of the molecule is Cc1cccc(N2CCN(C(=O)C(=Cc3ccc(Cl)cc3Cl)n3ccccc3=O)CC2)c1C. The van der Waals surface area contributed by atoms with Crippen LogP contribution in [0.5, 0.6) is 0 Å². The number of hydrogen-bond acceptors (Lipinski definition) is 3. The number of carbonyl (C=O) groups is 1. The molecule has 1 amide bonds. The summed E-state index contributed by atoms with van der Waals surface area (Å²) in [6.45, 7) is 6.78. The van der Waals surface area contributed by atoms with Gasteiger partial charge in [0.25, 0.3) is 11.5 Å². The Morgan fingerprint density at radius 3 is 2.39 bits per heavy atom. The minimum absolute atomic E-state index is 0.213. The van der Waals surface area contributed by atoms with E-state index >= 15 is 0 Å². The van der Waals surface area contributed by atoms with Crippen molar-refractivity contribution >= 4 is 46.6 Å². The highest BCUT2D eigenvalue weighted by atomic mass is 35.5. The standard InChI is InChI=1S/C26H25Cl2N3O2/c1-18-6-5-7-23(19(18)2)29-12-14-30(15-13-29)26(33)24(31-11-4-3-8-25(31)32)16-20-9-10-21(27)17-22(20)28/h3-11,16-17H,12-15H2,1-2H3. The summed E-state index contributed by atoms with van der Waals surface area (Å²) in [4.78, 5) is 30.3. The van der Waals surface area contributed by atoms with Gasteiger partial charge in [0.15, 0.2) is 0 Å². The first-order valence-electron chi connectivity index (χ1n) is 10.8. The molecular formula is C26H25Cl2N3O2. The highest BCUT2D eigenvalue weighted by Crippen LogP contribution is 2.26. The number of hydrogen-bond donors (Lipinski definition) is 0. The van der Waals surface area contributed by atoms with E-state index in [0.29, 0.717) is 41.8 Å². The van der Waals surface area contributed by atoms with E-state index in [9.17, 15) is 9.59 Å². The summed E-state index contributed by atoms with van der Waals surface area (Å²) in [5, 5.41) is 0.918. The molecule has 0 unspecified atom stereocenters. The van der Waals surface area contributed by atoms with Crippen molar-refractivity contribution in [3.63, 3.8) is 0 Å². The lowest BCUT2D eigenvalue weighted by molar-refractivity contribution is -0.125. The number of aromatic nitrogens is 1. The van der Waals surface area contributed by atoms with Crippen molar-refractivity contribution in [1.29, 1.82) is 0 Å². The van der Waals surface area contributed by atoms with Crippen molar-refractivity contribution in [1.82, 2.24) is 9.47 Å². The van der Waals surface area contributed by atoms with Crippen LogP contribution in [0.2, 0.25) is 10.0 Å². The molecule has 1 aliphatic heterocycles. The molecule has 1 saturated heterocycles. The third kappa shape index (κ3) is 5.00. The quantitative estimate of drug-likeness (QED) is 0.485. The predicted molar refractivity (Wildman–Crippen MR) is 136 cm³/mol. The molecule has 0 bridgehead atoms. The van der Waals surface area contributed by atoms with E-state index in [4.69, 9.17) is 23.2 Å². The molecule has 0 spiro atoms. The zero-order valence-corrected chi connectivity index (χ0v) is 20.1. The minimum atomic E-state index is -0.281. The van der Waals surface area contributed by atoms with Gasteiger partial charge in [-0.25, -0.2) is 0 Å². The summed E-state index contributed by atoms with van der Waals surface area (Å²) in [5.74, 6) is -0.213. The molecule has 4 rings (SSSR count). The fourth-order valence-corrected chi connectivity index (χ4v) is 4.48. The van der Waals surface area contributed by atoms with Gasteiger partial charge < -0.3 is 9.80 Å². The van der Waals surface area contributed by atoms with Crippen molar-refractivity contribution in [3.8, 4) is 0 Å². The zero-order valence-electron chi connectivity index (χ0n) is 18.6. The molecule has 2 aromatic carbocycles. The normalized spacial score (nSPS) is 14.5. The first kappa shape index (κ1) is 23.1. The van der Waals surface area contributed by atoms with Crippen LogP contribution in [0.25, 0.3) is 11.8 Å². The van der Waals surface area contributed by atoms with Crippen molar-refractivity contribution in [2.75, 3.05) is 31.1 Å². The van der Waals surface area contributed by atoms with Gasteiger partial charge in [0.1, 0.15) is 5.70 Å². The van der Waals surface area contributed by atoms with E-state index in [1.807, 2.05) is 0 Å². The van der Waals surface area contributed by atoms with Gasteiger partial charge in [-0.1, -0.05) is 47.5 Å². The predicted octanol–water partition coefficient (Wildman–Crippen LogP) is 5.12. The van der Waals surface area contributed by atoms with Crippen LogP contribution in [0.3, 0.4) is 0 Å². The Bertz CT molecular complexity index is 1270. The van der Waals surface area contributed by atoms with Gasteiger partial charge in [-0.05, 0) is 60.9 Å². The number of rotatable bonds is 4. The highest BCUT2D eigenvalue weighted by molar-refractivity contribution is 6.36. The van der Waals surface area contributed by atoms with Gasteiger partial charge in [-0.3, -0.25) is 14.2 Å². The van der Waals surface area contributed by atoms with Crippen LogP contribution in [0.4, 0.5) is 5.69 Å². The average Bonchev–Trinajstić information content (AvgIpc) is 2.81. The largest absolute Gasteiger partial charge is 0.368 e. The van der Waals surface area contributed by atoms with Crippen LogP contribution in [0.1, 0.15) is 16.7 Å². The number of amides is 1. The minimum Gasteiger partial charge on any atom is -0.368 e. The molecule has 0 atom stereocenters. The second-order valence-corrected chi connectivity index (χ2v) is 8.95. The fourth-order valence-electron chi connectivity index (χ4n) is 4.02. The molecule has 0 saturated carbocycles. The third-order valence-corrected chi connectivity index (χ3v) is 6.60. The molecule has 170 valence electrons. The first-order valence-corrected chi connectivity index (χ1v) is 11.6. The molecule has 0 radical (unpaired) electrons. The number of nitrogens with zero attached hydrogens (tertiary/aromatic N) is 3. The number of carbonyl (C=O) groups excluding carboxylic acids is 1. The molecule has 0 N–H and O–H groups in total. The molecule has 1 aliphatic rings. The lowest BCUT2D eigenvalue weighted by Crippen LogP contribution is -2.49. The van der Waals surface area contributed by atoms with Gasteiger partial charge >= 0.3 is 0 Å². The van der Waals surface area contributed by atoms with Gasteiger partial charge in [-0.2, -0.15) is 0 Å². The lowest BCUT2D eigenvalue weighted by atomic mass is 10.1. The summed E-state index contributed by atoms with van der Waals surface area (Å²) in [6.07, 6.45) is 3.25. The zero-order chi connectivity index (χ0) is 23.5. The van der Waals surface area contributed by atoms with E-state index in [1.165, 1.54) is 27.4 Å². The third-order valence-electron chi connectivity index (χ3n) is 6.04. The number of halogens is 2. The molecule has 5 nitrogen and oxygen atoms in total. The van der Waals surface area contributed by atoms with E-state index < -0.39 is 0 Å². The Balaban J connectivity index is 1.63. The maximum atomic E-state index is 13.6. The summed E-state index contributed by atoms with van der Waals surface area (Å²) >= 11 is 12.4. The van der Waals surface area contributed by atoms with Crippen LogP contribution >= 0.6 is 23.2 Å². The van der Waals surface area contributed by atoms with E-state index in [2.05, 4.69) is 36.9 Å². The maximum absolute atomic E-state index is 13.6. The molecule has 3 aromatic rings. The lowest BCUT2D eigenvalue weighted by Gasteiger charge is -2.37. The highest BCUT2D eigenvalue weighted by Gasteiger charge is 2.26. The van der Waals surface area contributed by atoms with Crippen molar-refractivity contribution in [2.24, 2.45) is 0 Å². The smallest absolute Gasteiger partial charge is 0.271 e.